The summed E-state index contributed by atoms with van der Waals surface area (Å²) in [6, 6.07) is 4.61. The Morgan fingerprint density at radius 3 is 1.93 bits per heavy atom. The second kappa shape index (κ2) is 4.19. The molecule has 0 aromatic heterocycles. The average molecular weight is 219 g/mol. The lowest BCUT2D eigenvalue weighted by molar-refractivity contribution is 0.0697. The van der Waals surface area contributed by atoms with E-state index in [4.69, 9.17) is 16.7 Å². The summed E-state index contributed by atoms with van der Waals surface area (Å²) in [5.41, 5.74) is -0.0981. The molecule has 0 atom stereocenters. The van der Waals surface area contributed by atoms with Gasteiger partial charge in [-0.05, 0) is 23.7 Å². The van der Waals surface area contributed by atoms with Gasteiger partial charge in [-0.25, -0.2) is 9.18 Å². The van der Waals surface area contributed by atoms with E-state index >= 15 is 0 Å². The highest BCUT2D eigenvalue weighted by Crippen LogP contribution is 2.23. The highest BCUT2D eigenvalue weighted by Gasteiger charge is 2.08. The number of carbonyl (C=O) groups is 1. The maximum atomic E-state index is 12.8. The van der Waals surface area contributed by atoms with Crippen LogP contribution in [0.3, 0.4) is 0 Å². The van der Waals surface area contributed by atoms with Crippen LogP contribution >= 0.6 is 11.6 Å². The highest BCUT2D eigenvalue weighted by molar-refractivity contribution is 6.30. The predicted molar refractivity (Wildman–Crippen MR) is 48.4 cm³/mol. The fourth-order valence-electron chi connectivity index (χ4n) is 0.868. The van der Waals surface area contributed by atoms with Crippen LogP contribution in [0.2, 0.25) is 0 Å². The number of halogens is 3. The van der Waals surface area contributed by atoms with Crippen LogP contribution in [0.25, 0.3) is 5.83 Å². The van der Waals surface area contributed by atoms with Gasteiger partial charge in [0.05, 0.1) is 5.56 Å². The summed E-state index contributed by atoms with van der Waals surface area (Å²) >= 11 is 4.79. The fraction of sp³-hybridized carbons (Fsp3) is 0. The number of aromatic carboxylic acids is 1. The van der Waals surface area contributed by atoms with Crippen molar-refractivity contribution in [2.24, 2.45) is 0 Å². The van der Waals surface area contributed by atoms with Gasteiger partial charge in [0.15, 0.2) is 5.83 Å². The molecule has 0 aliphatic rings. The van der Waals surface area contributed by atoms with Crippen molar-refractivity contribution in [3.05, 3.63) is 40.7 Å². The van der Waals surface area contributed by atoms with E-state index in [9.17, 15) is 13.6 Å². The van der Waals surface area contributed by atoms with Gasteiger partial charge >= 0.3 is 5.97 Å². The Balaban J connectivity index is 3.06. The molecule has 0 unspecified atom stereocenters. The van der Waals surface area contributed by atoms with Crippen LogP contribution in [0.5, 0.6) is 0 Å². The van der Waals surface area contributed by atoms with E-state index in [1.807, 2.05) is 0 Å². The molecular formula is C9H5ClF2O2. The van der Waals surface area contributed by atoms with Crippen LogP contribution in [0.1, 0.15) is 15.9 Å². The first-order chi connectivity index (χ1) is 6.52. The Labute approximate surface area is 83.4 Å². The minimum absolute atomic E-state index is 0.00321. The molecule has 14 heavy (non-hydrogen) atoms. The summed E-state index contributed by atoms with van der Waals surface area (Å²) in [6.45, 7) is 0. The van der Waals surface area contributed by atoms with E-state index in [0.717, 1.165) is 24.3 Å². The van der Waals surface area contributed by atoms with E-state index in [-0.39, 0.29) is 11.1 Å². The van der Waals surface area contributed by atoms with Gasteiger partial charge in [-0.3, -0.25) is 0 Å². The van der Waals surface area contributed by atoms with E-state index in [1.165, 1.54) is 0 Å². The van der Waals surface area contributed by atoms with E-state index < -0.39 is 17.1 Å². The van der Waals surface area contributed by atoms with Crippen molar-refractivity contribution in [2.45, 2.75) is 0 Å². The summed E-state index contributed by atoms with van der Waals surface area (Å²) in [7, 11) is 0. The standard InChI is InChI=1S/C9H5ClF2O2/c10-8(12)7(11)5-1-3-6(4-2-5)9(13)14/h1-4H,(H,13,14)/b8-7-. The maximum Gasteiger partial charge on any atom is 0.335 e. The van der Waals surface area contributed by atoms with Gasteiger partial charge in [0.1, 0.15) is 0 Å². The van der Waals surface area contributed by atoms with E-state index in [1.54, 1.807) is 0 Å². The van der Waals surface area contributed by atoms with Crippen LogP contribution in [-0.4, -0.2) is 11.1 Å². The first-order valence-electron chi connectivity index (χ1n) is 3.57. The lowest BCUT2D eigenvalue weighted by Crippen LogP contribution is -1.95. The summed E-state index contributed by atoms with van der Waals surface area (Å²) in [5, 5.41) is 7.07. The number of hydrogen-bond acceptors (Lipinski definition) is 1. The van der Waals surface area contributed by atoms with Gasteiger partial charge in [0.2, 0.25) is 5.29 Å². The Hall–Kier alpha value is -1.42. The smallest absolute Gasteiger partial charge is 0.335 e. The van der Waals surface area contributed by atoms with Crippen LogP contribution in [-0.2, 0) is 0 Å². The van der Waals surface area contributed by atoms with Gasteiger partial charge in [-0.1, -0.05) is 12.1 Å². The monoisotopic (exact) mass is 218 g/mol. The zero-order chi connectivity index (χ0) is 10.7. The van der Waals surface area contributed by atoms with Crippen molar-refractivity contribution in [3.8, 4) is 0 Å². The molecule has 0 saturated heterocycles. The largest absolute Gasteiger partial charge is 0.478 e. The lowest BCUT2D eigenvalue weighted by atomic mass is 10.1. The zero-order valence-corrected chi connectivity index (χ0v) is 7.55. The molecule has 1 aromatic rings. The van der Waals surface area contributed by atoms with Gasteiger partial charge in [0, 0.05) is 5.56 Å². The molecule has 0 heterocycles. The van der Waals surface area contributed by atoms with Gasteiger partial charge < -0.3 is 5.11 Å². The molecule has 74 valence electrons. The second-order valence-electron chi connectivity index (χ2n) is 2.46. The van der Waals surface area contributed by atoms with Gasteiger partial charge in [0.25, 0.3) is 0 Å². The Kier molecular flexibility index (Phi) is 3.19. The Morgan fingerprint density at radius 1 is 1.14 bits per heavy atom. The summed E-state index contributed by atoms with van der Waals surface area (Å²) in [6.07, 6.45) is 0. The molecule has 1 rings (SSSR count). The van der Waals surface area contributed by atoms with E-state index in [2.05, 4.69) is 0 Å². The summed E-state index contributed by atoms with van der Waals surface area (Å²) < 4.78 is 25.0. The number of hydrogen-bond donors (Lipinski definition) is 1. The van der Waals surface area contributed by atoms with Crippen LogP contribution in [0, 0.1) is 0 Å². The Bertz CT molecular complexity index is 380. The molecule has 0 fully saturated rings. The van der Waals surface area contributed by atoms with E-state index in [0.29, 0.717) is 0 Å². The maximum absolute atomic E-state index is 12.8. The molecule has 0 radical (unpaired) electrons. The highest BCUT2D eigenvalue weighted by atomic mass is 35.5. The molecule has 0 aliphatic heterocycles. The summed E-state index contributed by atoms with van der Waals surface area (Å²) in [4.78, 5) is 10.4. The normalized spacial score (nSPS) is 12.2. The molecule has 0 bridgehead atoms. The third-order valence-corrected chi connectivity index (χ3v) is 1.72. The molecule has 1 N–H and O–H groups in total. The third kappa shape index (κ3) is 2.29. The number of benzene rings is 1. The first-order valence-corrected chi connectivity index (χ1v) is 3.94. The number of rotatable bonds is 2. The first kappa shape index (κ1) is 10.7. The molecule has 0 spiro atoms. The quantitative estimate of drug-likeness (QED) is 0.828. The van der Waals surface area contributed by atoms with Crippen molar-refractivity contribution in [1.82, 2.24) is 0 Å². The molecule has 0 saturated carbocycles. The van der Waals surface area contributed by atoms with Crippen LogP contribution in [0.4, 0.5) is 8.78 Å². The molecule has 1 aromatic carbocycles. The number of carboxylic acids is 1. The topological polar surface area (TPSA) is 37.3 Å². The van der Waals surface area contributed by atoms with Crippen molar-refractivity contribution in [2.75, 3.05) is 0 Å². The van der Waals surface area contributed by atoms with Gasteiger partial charge in [-0.15, -0.1) is 0 Å². The molecule has 0 amide bonds. The van der Waals surface area contributed by atoms with Crippen molar-refractivity contribution < 1.29 is 18.7 Å². The molecular weight excluding hydrogens is 214 g/mol. The SMILES string of the molecule is O=C(O)c1ccc(/C(F)=C(/F)Cl)cc1. The third-order valence-electron chi connectivity index (χ3n) is 1.55. The van der Waals surface area contributed by atoms with Crippen LogP contribution in [0.15, 0.2) is 29.6 Å². The van der Waals surface area contributed by atoms with Crippen LogP contribution < -0.4 is 0 Å². The predicted octanol–water partition coefficient (Wildman–Crippen LogP) is 3.19. The Morgan fingerprint density at radius 2 is 1.57 bits per heavy atom. The minimum Gasteiger partial charge on any atom is -0.478 e. The minimum atomic E-state index is -1.45. The summed E-state index contributed by atoms with van der Waals surface area (Å²) in [5.74, 6) is -2.34. The lowest BCUT2D eigenvalue weighted by Gasteiger charge is -1.98. The van der Waals surface area contributed by atoms with Crippen molar-refractivity contribution >= 4 is 23.4 Å². The molecule has 2 nitrogen and oxygen atoms in total. The second-order valence-corrected chi connectivity index (χ2v) is 2.79. The van der Waals surface area contributed by atoms with Gasteiger partial charge in [-0.2, -0.15) is 4.39 Å². The number of carboxylic acid groups (broad SMARTS) is 1. The molecule has 5 heteroatoms. The molecule has 0 aliphatic carbocycles. The fourth-order valence-corrected chi connectivity index (χ4v) is 0.977. The van der Waals surface area contributed by atoms with Crippen molar-refractivity contribution in [1.29, 1.82) is 0 Å². The average Bonchev–Trinajstić information content (AvgIpc) is 2.16. The zero-order valence-electron chi connectivity index (χ0n) is 6.80. The van der Waals surface area contributed by atoms with Crippen molar-refractivity contribution in [3.63, 3.8) is 0 Å².